The Morgan fingerprint density at radius 3 is 2.75 bits per heavy atom. The first kappa shape index (κ1) is 24.5. The molecule has 1 aliphatic rings. The highest BCUT2D eigenvalue weighted by Gasteiger charge is 2.39. The van der Waals surface area contributed by atoms with Crippen LogP contribution in [0.25, 0.3) is 21.8 Å². The van der Waals surface area contributed by atoms with Crippen LogP contribution in [0.5, 0.6) is 0 Å². The first-order chi connectivity index (χ1) is 17.1. The van der Waals surface area contributed by atoms with E-state index < -0.39 is 10.0 Å². The third-order valence-corrected chi connectivity index (χ3v) is 8.46. The number of nitrogens with two attached hydrogens (primary N) is 1. The van der Waals surface area contributed by atoms with Crippen molar-refractivity contribution in [3.63, 3.8) is 0 Å². The van der Waals surface area contributed by atoms with E-state index in [1.165, 1.54) is 10.6 Å². The smallest absolute Gasteiger partial charge is 0.259 e. The summed E-state index contributed by atoms with van der Waals surface area (Å²) in [5, 5.41) is 2.03. The summed E-state index contributed by atoms with van der Waals surface area (Å²) in [6.07, 6.45) is 2.08. The van der Waals surface area contributed by atoms with Crippen molar-refractivity contribution in [1.29, 1.82) is 0 Å². The highest BCUT2D eigenvalue weighted by Crippen LogP contribution is 2.28. The summed E-state index contributed by atoms with van der Waals surface area (Å²) < 4.78 is 28.3. The maximum atomic E-state index is 13.5. The molecule has 0 saturated carbocycles. The molecule has 1 fully saturated rings. The first-order valence-electron chi connectivity index (χ1n) is 11.7. The molecule has 5 rings (SSSR count). The number of carbonyl (C=O) groups is 1. The number of benzene rings is 2. The Labute approximate surface area is 214 Å². The van der Waals surface area contributed by atoms with Crippen molar-refractivity contribution in [2.75, 3.05) is 18.8 Å². The molecular formula is C25H27ClN6O3S. The van der Waals surface area contributed by atoms with Crippen LogP contribution in [0, 0.1) is 5.92 Å². The van der Waals surface area contributed by atoms with Crippen molar-refractivity contribution in [1.82, 2.24) is 24.2 Å². The fourth-order valence-corrected chi connectivity index (χ4v) is 6.39. The van der Waals surface area contributed by atoms with Gasteiger partial charge in [-0.2, -0.15) is 4.31 Å². The zero-order chi connectivity index (χ0) is 25.6. The minimum absolute atomic E-state index is 0.0520. The van der Waals surface area contributed by atoms with Gasteiger partial charge in [-0.15, -0.1) is 0 Å². The second kappa shape index (κ2) is 9.34. The van der Waals surface area contributed by atoms with Crippen molar-refractivity contribution in [2.45, 2.75) is 37.9 Å². The normalized spacial score (nSPS) is 17.5. The van der Waals surface area contributed by atoms with E-state index in [2.05, 4.69) is 28.8 Å². The predicted octanol–water partition coefficient (Wildman–Crippen LogP) is 3.79. The zero-order valence-corrected chi connectivity index (χ0v) is 21.6. The summed E-state index contributed by atoms with van der Waals surface area (Å²) >= 11 is 6.06. The maximum Gasteiger partial charge on any atom is 0.259 e. The topological polar surface area (TPSA) is 125 Å². The Hall–Kier alpha value is -3.21. The fourth-order valence-electron chi connectivity index (χ4n) is 4.76. The molecule has 4 aromatic rings. The summed E-state index contributed by atoms with van der Waals surface area (Å²) in [5.41, 5.74) is 8.20. The molecule has 9 nitrogen and oxygen atoms in total. The standard InChI is InChI=1S/C25H27ClN6O3S/c1-15(2)7-19-12-31(36(34,35)23-10-17-9-18(26)4-6-21(17)30-23)13-24(33)32(19)11-16-3-5-20-22(8-16)28-14-29-25(20)27/h3-6,8-10,14-15,19,30H,7,11-13H2,1-2H3,(H2,27,28,29)/t19-/m1/s1. The van der Waals surface area contributed by atoms with Gasteiger partial charge in [-0.05, 0) is 54.3 Å². The number of halogens is 1. The highest BCUT2D eigenvalue weighted by molar-refractivity contribution is 7.89. The first-order valence-corrected chi connectivity index (χ1v) is 13.5. The van der Waals surface area contributed by atoms with Gasteiger partial charge in [0, 0.05) is 40.4 Å². The third-order valence-electron chi connectivity index (χ3n) is 6.49. The minimum atomic E-state index is -3.91. The predicted molar refractivity (Wildman–Crippen MR) is 140 cm³/mol. The number of nitrogens with zero attached hydrogens (tertiary/aromatic N) is 4. The second-order valence-corrected chi connectivity index (χ2v) is 11.9. The number of sulfonamides is 1. The summed E-state index contributed by atoms with van der Waals surface area (Å²) in [7, 11) is -3.91. The minimum Gasteiger partial charge on any atom is -0.383 e. The molecule has 1 saturated heterocycles. The lowest BCUT2D eigenvalue weighted by atomic mass is 9.99. The second-order valence-electron chi connectivity index (χ2n) is 9.58. The van der Waals surface area contributed by atoms with Crippen LogP contribution < -0.4 is 5.73 Å². The molecule has 36 heavy (non-hydrogen) atoms. The molecule has 1 aliphatic heterocycles. The van der Waals surface area contributed by atoms with Gasteiger partial charge in [0.25, 0.3) is 10.0 Å². The Morgan fingerprint density at radius 2 is 1.97 bits per heavy atom. The number of amides is 1. The number of aromatic amines is 1. The van der Waals surface area contributed by atoms with Gasteiger partial charge in [-0.1, -0.05) is 31.5 Å². The van der Waals surface area contributed by atoms with Gasteiger partial charge >= 0.3 is 0 Å². The summed E-state index contributed by atoms with van der Waals surface area (Å²) in [6.45, 7) is 4.47. The molecule has 0 unspecified atom stereocenters. The van der Waals surface area contributed by atoms with Crippen LogP contribution >= 0.6 is 11.6 Å². The van der Waals surface area contributed by atoms with Gasteiger partial charge in [-0.3, -0.25) is 4.79 Å². The van der Waals surface area contributed by atoms with Crippen LogP contribution in [0.15, 0.2) is 53.8 Å². The van der Waals surface area contributed by atoms with Crippen LogP contribution in [0.1, 0.15) is 25.8 Å². The number of nitrogen functional groups attached to an aromatic ring is 1. The van der Waals surface area contributed by atoms with E-state index in [4.69, 9.17) is 17.3 Å². The lowest BCUT2D eigenvalue weighted by molar-refractivity contribution is -0.138. The summed E-state index contributed by atoms with van der Waals surface area (Å²) in [5.74, 6) is 0.433. The Morgan fingerprint density at radius 1 is 1.17 bits per heavy atom. The van der Waals surface area contributed by atoms with Gasteiger partial charge < -0.3 is 15.6 Å². The van der Waals surface area contributed by atoms with Crippen LogP contribution in [-0.2, 0) is 21.4 Å². The molecule has 0 bridgehead atoms. The number of piperazine rings is 1. The van der Waals surface area contributed by atoms with E-state index in [0.717, 1.165) is 10.9 Å². The van der Waals surface area contributed by atoms with Crippen LogP contribution in [-0.4, -0.2) is 57.6 Å². The van der Waals surface area contributed by atoms with Crippen molar-refractivity contribution < 1.29 is 13.2 Å². The number of carbonyl (C=O) groups excluding carboxylic acids is 1. The molecule has 1 amide bonds. The molecule has 1 atom stereocenters. The average Bonchev–Trinajstić information content (AvgIpc) is 3.25. The molecule has 3 N–H and O–H groups in total. The van der Waals surface area contributed by atoms with Gasteiger partial charge in [0.05, 0.1) is 12.1 Å². The number of aromatic nitrogens is 3. The largest absolute Gasteiger partial charge is 0.383 e. The van der Waals surface area contributed by atoms with E-state index >= 15 is 0 Å². The monoisotopic (exact) mass is 526 g/mol. The fraction of sp³-hybridized carbons (Fsp3) is 0.320. The number of H-pyrrole nitrogens is 1. The molecule has 188 valence electrons. The van der Waals surface area contributed by atoms with E-state index in [1.807, 2.05) is 18.2 Å². The van der Waals surface area contributed by atoms with Crippen LogP contribution in [0.3, 0.4) is 0 Å². The number of hydrogen-bond acceptors (Lipinski definition) is 6. The lowest BCUT2D eigenvalue weighted by Crippen LogP contribution is -2.57. The number of hydrogen-bond donors (Lipinski definition) is 2. The number of nitrogens with one attached hydrogen (secondary N) is 1. The van der Waals surface area contributed by atoms with Gasteiger partial charge in [0.2, 0.25) is 5.91 Å². The Kier molecular flexibility index (Phi) is 6.36. The van der Waals surface area contributed by atoms with Crippen LogP contribution in [0.4, 0.5) is 5.82 Å². The Bertz CT molecular complexity index is 1570. The molecule has 11 heteroatoms. The number of fused-ring (bicyclic) bond motifs is 2. The van der Waals surface area contributed by atoms with Crippen molar-refractivity contribution >= 4 is 55.2 Å². The number of rotatable bonds is 6. The molecule has 0 spiro atoms. The van der Waals surface area contributed by atoms with Crippen molar-refractivity contribution in [3.8, 4) is 0 Å². The van der Waals surface area contributed by atoms with E-state index in [-0.39, 0.29) is 36.0 Å². The van der Waals surface area contributed by atoms with E-state index in [9.17, 15) is 13.2 Å². The highest BCUT2D eigenvalue weighted by atomic mass is 35.5. The van der Waals surface area contributed by atoms with Gasteiger partial charge in [-0.25, -0.2) is 18.4 Å². The third kappa shape index (κ3) is 4.63. The summed E-state index contributed by atoms with van der Waals surface area (Å²) in [6, 6.07) is 12.1. The molecule has 0 radical (unpaired) electrons. The lowest BCUT2D eigenvalue weighted by Gasteiger charge is -2.41. The summed E-state index contributed by atoms with van der Waals surface area (Å²) in [4.78, 5) is 26.4. The molecule has 3 heterocycles. The quantitative estimate of drug-likeness (QED) is 0.393. The molecule has 0 aliphatic carbocycles. The average molecular weight is 527 g/mol. The maximum absolute atomic E-state index is 13.5. The zero-order valence-electron chi connectivity index (χ0n) is 20.0. The molecule has 2 aromatic heterocycles. The van der Waals surface area contributed by atoms with E-state index in [0.29, 0.717) is 40.2 Å². The molecular weight excluding hydrogens is 500 g/mol. The number of anilines is 1. The van der Waals surface area contributed by atoms with E-state index in [1.54, 1.807) is 29.2 Å². The SMILES string of the molecule is CC(C)C[C@@H]1CN(S(=O)(=O)c2cc3cc(Cl)ccc3[nH]2)CC(=O)N1Cc1ccc2c(N)ncnc2c1. The van der Waals surface area contributed by atoms with Crippen molar-refractivity contribution in [3.05, 3.63) is 59.4 Å². The van der Waals surface area contributed by atoms with Gasteiger partial charge in [0.15, 0.2) is 0 Å². The van der Waals surface area contributed by atoms with Gasteiger partial charge in [0.1, 0.15) is 17.2 Å². The van der Waals surface area contributed by atoms with Crippen molar-refractivity contribution in [2.24, 2.45) is 5.92 Å². The van der Waals surface area contributed by atoms with Crippen LogP contribution in [0.2, 0.25) is 5.02 Å². The molecule has 2 aromatic carbocycles. The Balaban J connectivity index is 1.43.